The van der Waals surface area contributed by atoms with Crippen LogP contribution in [0.5, 0.6) is 5.75 Å². The standard InChI is InChI=1S/C29H32ClFN4O/c1-33-19-23(22-17-20(31)8-9-24(22)33)29(10-4-3-5-11-29)35-15-13-34(14-16-35)25-18-26(36-2)27(30)21-7-6-12-32-28(21)25/h6-9,12,17-19H,3-5,10-11,13-16H2,1-2H3. The maximum Gasteiger partial charge on any atom is 0.140 e. The van der Waals surface area contributed by atoms with E-state index in [1.807, 2.05) is 30.5 Å². The van der Waals surface area contributed by atoms with E-state index in [9.17, 15) is 4.39 Å². The Labute approximate surface area is 216 Å². The highest BCUT2D eigenvalue weighted by Gasteiger charge is 2.42. The van der Waals surface area contributed by atoms with Crippen LogP contribution in [0.3, 0.4) is 0 Å². The fraction of sp³-hybridized carbons (Fsp3) is 0.414. The molecule has 6 rings (SSSR count). The van der Waals surface area contributed by atoms with Gasteiger partial charge in [0.1, 0.15) is 11.6 Å². The van der Waals surface area contributed by atoms with Crippen LogP contribution in [-0.4, -0.2) is 47.7 Å². The molecule has 1 aliphatic heterocycles. The Morgan fingerprint density at radius 1 is 1.00 bits per heavy atom. The first kappa shape index (κ1) is 23.6. The van der Waals surface area contributed by atoms with Gasteiger partial charge < -0.3 is 14.2 Å². The summed E-state index contributed by atoms with van der Waals surface area (Å²) in [5, 5.41) is 2.57. The van der Waals surface area contributed by atoms with Crippen LogP contribution in [0.4, 0.5) is 10.1 Å². The summed E-state index contributed by atoms with van der Waals surface area (Å²) in [5.41, 5.74) is 4.30. The number of piperazine rings is 1. The molecule has 0 radical (unpaired) electrons. The van der Waals surface area contributed by atoms with E-state index in [4.69, 9.17) is 16.3 Å². The molecule has 4 aromatic rings. The minimum Gasteiger partial charge on any atom is -0.495 e. The number of benzene rings is 2. The maximum atomic E-state index is 14.4. The number of ether oxygens (including phenoxy) is 1. The molecular weight excluding hydrogens is 475 g/mol. The number of anilines is 1. The van der Waals surface area contributed by atoms with E-state index < -0.39 is 0 Å². The molecule has 2 aliphatic rings. The van der Waals surface area contributed by atoms with E-state index in [1.165, 1.54) is 24.8 Å². The second-order valence-electron chi connectivity index (χ2n) is 10.2. The molecule has 0 unspecified atom stereocenters. The Morgan fingerprint density at radius 2 is 1.78 bits per heavy atom. The van der Waals surface area contributed by atoms with Crippen molar-refractivity contribution in [2.24, 2.45) is 7.05 Å². The highest BCUT2D eigenvalue weighted by atomic mass is 35.5. The zero-order chi connectivity index (χ0) is 24.9. The highest BCUT2D eigenvalue weighted by Crippen LogP contribution is 2.46. The highest BCUT2D eigenvalue weighted by molar-refractivity contribution is 6.37. The van der Waals surface area contributed by atoms with Gasteiger partial charge in [0.2, 0.25) is 0 Å². The number of pyridine rings is 1. The normalized spacial score (nSPS) is 18.7. The van der Waals surface area contributed by atoms with Gasteiger partial charge in [-0.25, -0.2) is 4.39 Å². The molecule has 36 heavy (non-hydrogen) atoms. The van der Waals surface area contributed by atoms with Crippen molar-refractivity contribution in [1.82, 2.24) is 14.5 Å². The van der Waals surface area contributed by atoms with Crippen LogP contribution < -0.4 is 9.64 Å². The molecule has 0 atom stereocenters. The summed E-state index contributed by atoms with van der Waals surface area (Å²) in [6.07, 6.45) is 9.97. The summed E-state index contributed by atoms with van der Waals surface area (Å²) in [4.78, 5) is 9.75. The number of halogens is 2. The number of aromatic nitrogens is 2. The lowest BCUT2D eigenvalue weighted by Crippen LogP contribution is -2.56. The van der Waals surface area contributed by atoms with E-state index in [1.54, 1.807) is 19.2 Å². The van der Waals surface area contributed by atoms with E-state index in [0.717, 1.165) is 66.5 Å². The monoisotopic (exact) mass is 506 g/mol. The molecule has 0 amide bonds. The van der Waals surface area contributed by atoms with Gasteiger partial charge in [-0.05, 0) is 48.7 Å². The van der Waals surface area contributed by atoms with Gasteiger partial charge in [-0.3, -0.25) is 9.88 Å². The molecule has 0 spiro atoms. The topological polar surface area (TPSA) is 33.5 Å². The fourth-order valence-corrected chi connectivity index (χ4v) is 6.85. The lowest BCUT2D eigenvalue weighted by molar-refractivity contribution is 0.0428. The van der Waals surface area contributed by atoms with Crippen LogP contribution in [0, 0.1) is 5.82 Å². The second-order valence-corrected chi connectivity index (χ2v) is 10.6. The Kier molecular flexibility index (Phi) is 6.05. The van der Waals surface area contributed by atoms with Crippen molar-refractivity contribution in [3.05, 3.63) is 65.2 Å². The number of methoxy groups -OCH3 is 1. The van der Waals surface area contributed by atoms with Gasteiger partial charge in [0.05, 0.1) is 23.3 Å². The fourth-order valence-electron chi connectivity index (χ4n) is 6.57. The van der Waals surface area contributed by atoms with Crippen molar-refractivity contribution in [2.75, 3.05) is 38.2 Å². The third-order valence-electron chi connectivity index (χ3n) is 8.35. The molecule has 0 N–H and O–H groups in total. The molecule has 1 aliphatic carbocycles. The van der Waals surface area contributed by atoms with Crippen molar-refractivity contribution in [3.63, 3.8) is 0 Å². The summed E-state index contributed by atoms with van der Waals surface area (Å²) in [6.45, 7) is 3.64. The third-order valence-corrected chi connectivity index (χ3v) is 8.74. The number of nitrogens with zero attached hydrogens (tertiary/aromatic N) is 4. The molecule has 3 heterocycles. The van der Waals surface area contributed by atoms with Crippen molar-refractivity contribution < 1.29 is 9.13 Å². The van der Waals surface area contributed by atoms with Crippen molar-refractivity contribution in [1.29, 1.82) is 0 Å². The lowest BCUT2D eigenvalue weighted by atomic mass is 9.74. The average molecular weight is 507 g/mol. The van der Waals surface area contributed by atoms with Gasteiger partial charge in [-0.15, -0.1) is 0 Å². The summed E-state index contributed by atoms with van der Waals surface area (Å²) >= 11 is 6.60. The maximum absolute atomic E-state index is 14.4. The first-order valence-corrected chi connectivity index (χ1v) is 13.3. The number of hydrogen-bond donors (Lipinski definition) is 0. The van der Waals surface area contributed by atoms with Crippen LogP contribution in [-0.2, 0) is 12.6 Å². The van der Waals surface area contributed by atoms with E-state index in [2.05, 4.69) is 32.6 Å². The number of fused-ring (bicyclic) bond motifs is 2. The zero-order valence-corrected chi connectivity index (χ0v) is 21.7. The number of aryl methyl sites for hydroxylation is 1. The molecule has 5 nitrogen and oxygen atoms in total. The number of rotatable bonds is 4. The lowest BCUT2D eigenvalue weighted by Gasteiger charge is -2.50. The molecular formula is C29H32ClFN4O. The molecule has 1 saturated carbocycles. The Balaban J connectivity index is 1.35. The smallest absolute Gasteiger partial charge is 0.140 e. The van der Waals surface area contributed by atoms with E-state index in [0.29, 0.717) is 10.8 Å². The van der Waals surface area contributed by atoms with Gasteiger partial charge in [0.15, 0.2) is 0 Å². The predicted octanol–water partition coefficient (Wildman–Crippen LogP) is 6.51. The summed E-state index contributed by atoms with van der Waals surface area (Å²) < 4.78 is 22.1. The predicted molar refractivity (Wildman–Crippen MR) is 145 cm³/mol. The Bertz CT molecular complexity index is 1420. The van der Waals surface area contributed by atoms with Crippen LogP contribution in [0.1, 0.15) is 37.7 Å². The van der Waals surface area contributed by atoms with Gasteiger partial charge in [0.25, 0.3) is 0 Å². The Morgan fingerprint density at radius 3 is 2.53 bits per heavy atom. The summed E-state index contributed by atoms with van der Waals surface area (Å²) in [5.74, 6) is 0.512. The third kappa shape index (κ3) is 3.73. The molecule has 188 valence electrons. The Hall–Kier alpha value is -2.83. The first-order chi connectivity index (χ1) is 17.5. The SMILES string of the molecule is COc1cc(N2CCN(C3(c4cn(C)c5ccc(F)cc45)CCCCC3)CC2)c2ncccc2c1Cl. The van der Waals surface area contributed by atoms with Crippen LogP contribution in [0.25, 0.3) is 21.8 Å². The van der Waals surface area contributed by atoms with Gasteiger partial charge >= 0.3 is 0 Å². The minimum atomic E-state index is -0.165. The van der Waals surface area contributed by atoms with Crippen LogP contribution in [0.2, 0.25) is 5.02 Å². The van der Waals surface area contributed by atoms with E-state index >= 15 is 0 Å². The van der Waals surface area contributed by atoms with Gasteiger partial charge in [-0.1, -0.05) is 30.9 Å². The number of hydrogen-bond acceptors (Lipinski definition) is 4. The summed E-state index contributed by atoms with van der Waals surface area (Å²) in [7, 11) is 3.73. The molecule has 0 bridgehead atoms. The van der Waals surface area contributed by atoms with Crippen molar-refractivity contribution in [3.8, 4) is 5.75 Å². The van der Waals surface area contributed by atoms with Crippen molar-refractivity contribution >= 4 is 39.1 Å². The van der Waals surface area contributed by atoms with Gasteiger partial charge in [-0.2, -0.15) is 0 Å². The van der Waals surface area contributed by atoms with Crippen LogP contribution >= 0.6 is 11.6 Å². The zero-order valence-electron chi connectivity index (χ0n) is 20.9. The van der Waals surface area contributed by atoms with E-state index in [-0.39, 0.29) is 11.4 Å². The molecule has 2 fully saturated rings. The largest absolute Gasteiger partial charge is 0.495 e. The molecule has 2 aromatic heterocycles. The summed E-state index contributed by atoms with van der Waals surface area (Å²) in [6, 6.07) is 11.1. The first-order valence-electron chi connectivity index (χ1n) is 12.9. The van der Waals surface area contributed by atoms with Gasteiger partial charge in [0, 0.05) is 73.5 Å². The second kappa shape index (κ2) is 9.24. The molecule has 7 heteroatoms. The average Bonchev–Trinajstić information content (AvgIpc) is 3.25. The van der Waals surface area contributed by atoms with Crippen LogP contribution in [0.15, 0.2) is 48.8 Å². The van der Waals surface area contributed by atoms with Crippen molar-refractivity contribution in [2.45, 2.75) is 37.6 Å². The minimum absolute atomic E-state index is 0.0599. The molecule has 1 saturated heterocycles. The quantitative estimate of drug-likeness (QED) is 0.316. The molecule has 2 aromatic carbocycles.